The number of hydrogen-bond acceptors (Lipinski definition) is 6. The Balaban J connectivity index is 1.90. The zero-order valence-electron chi connectivity index (χ0n) is 18.7. The van der Waals surface area contributed by atoms with Crippen molar-refractivity contribution in [2.24, 2.45) is 0 Å². The molecule has 0 N–H and O–H groups in total. The highest BCUT2D eigenvalue weighted by Crippen LogP contribution is 2.39. The fourth-order valence-electron chi connectivity index (χ4n) is 3.95. The fraction of sp³-hybridized carbons (Fsp3) is 0.348. The van der Waals surface area contributed by atoms with Gasteiger partial charge in [0.2, 0.25) is 0 Å². The van der Waals surface area contributed by atoms with Crippen LogP contribution in [0.3, 0.4) is 0 Å². The minimum absolute atomic E-state index is 0.0292. The second-order valence-corrected chi connectivity index (χ2v) is 7.89. The Bertz CT molecular complexity index is 1270. The molecule has 174 valence electrons. The summed E-state index contributed by atoms with van der Waals surface area (Å²) in [6, 6.07) is 5.08. The summed E-state index contributed by atoms with van der Waals surface area (Å²) in [4.78, 5) is 25.0. The number of methoxy groups -OCH3 is 1. The molecule has 0 saturated carbocycles. The maximum absolute atomic E-state index is 13.0. The molecule has 0 spiro atoms. The Hall–Kier alpha value is -3.69. The molecule has 0 bridgehead atoms. The minimum Gasteiger partial charge on any atom is -0.496 e. The molecule has 0 atom stereocenters. The lowest BCUT2D eigenvalue weighted by Gasteiger charge is -2.38. The molecule has 0 saturated heterocycles. The number of pyridine rings is 1. The van der Waals surface area contributed by atoms with Crippen LogP contribution in [0.25, 0.3) is 22.4 Å². The van der Waals surface area contributed by atoms with Crippen molar-refractivity contribution in [3.8, 4) is 28.1 Å². The Kier molecular flexibility index (Phi) is 5.92. The number of halogens is 2. The summed E-state index contributed by atoms with van der Waals surface area (Å²) < 4.78 is 39.0. The van der Waals surface area contributed by atoms with Crippen LogP contribution in [0, 0.1) is 0 Å². The Morgan fingerprint density at radius 1 is 1.18 bits per heavy atom. The number of nitrogens with zero attached hydrogens (tertiary/aromatic N) is 4. The number of hydrogen-bond donors (Lipinski definition) is 0. The predicted molar refractivity (Wildman–Crippen MR) is 118 cm³/mol. The summed E-state index contributed by atoms with van der Waals surface area (Å²) in [7, 11) is 1.49. The first-order valence-electron chi connectivity index (χ1n) is 10.5. The Morgan fingerprint density at radius 2 is 1.94 bits per heavy atom. The number of benzene rings is 1. The van der Waals surface area contributed by atoms with Gasteiger partial charge in [0.25, 0.3) is 0 Å². The van der Waals surface area contributed by atoms with Gasteiger partial charge in [0.05, 0.1) is 32.2 Å². The fourth-order valence-corrected chi connectivity index (χ4v) is 3.95. The highest BCUT2D eigenvalue weighted by atomic mass is 19.3. The first-order valence-corrected chi connectivity index (χ1v) is 10.5. The van der Waals surface area contributed by atoms with Gasteiger partial charge in [-0.05, 0) is 38.5 Å². The van der Waals surface area contributed by atoms with Crippen molar-refractivity contribution in [2.45, 2.75) is 39.9 Å². The molecule has 0 unspecified atom stereocenters. The van der Waals surface area contributed by atoms with Crippen LogP contribution in [0.1, 0.15) is 43.2 Å². The van der Waals surface area contributed by atoms with Crippen molar-refractivity contribution in [3.63, 3.8) is 0 Å². The number of carbonyl (C=O) groups excluding carboxylic acids is 1. The lowest BCUT2D eigenvalue weighted by atomic mass is 9.95. The third-order valence-electron chi connectivity index (χ3n) is 5.55. The van der Waals surface area contributed by atoms with E-state index in [0.717, 1.165) is 11.1 Å². The van der Waals surface area contributed by atoms with Crippen molar-refractivity contribution in [1.29, 1.82) is 0 Å². The van der Waals surface area contributed by atoms with E-state index in [1.165, 1.54) is 31.8 Å². The monoisotopic (exact) mass is 458 g/mol. The smallest absolute Gasteiger partial charge is 0.343 e. The van der Waals surface area contributed by atoms with Gasteiger partial charge in [-0.3, -0.25) is 9.47 Å². The highest BCUT2D eigenvalue weighted by Gasteiger charge is 2.28. The molecule has 33 heavy (non-hydrogen) atoms. The van der Waals surface area contributed by atoms with Crippen LogP contribution in [-0.2, 0) is 11.3 Å². The number of rotatable bonds is 6. The molecule has 0 radical (unpaired) electrons. The third kappa shape index (κ3) is 3.96. The van der Waals surface area contributed by atoms with Gasteiger partial charge in [0, 0.05) is 41.2 Å². The van der Waals surface area contributed by atoms with Crippen molar-refractivity contribution in [1.82, 2.24) is 14.5 Å². The summed E-state index contributed by atoms with van der Waals surface area (Å²) in [5.41, 5.74) is 2.85. The van der Waals surface area contributed by atoms with Crippen molar-refractivity contribution < 1.29 is 23.0 Å². The third-order valence-corrected chi connectivity index (χ3v) is 5.55. The maximum Gasteiger partial charge on any atom is 0.343 e. The average molecular weight is 458 g/mol. The standard InChI is InChI=1S/C23H24F2N4O4/c1-5-33-22(31)18-12-29-19(8-20(18)30)16-7-21(32-4)17(6-14(16)11-28(29)13(2)3)15-9-26-27(10-15)23(24)25/h6-10,12-13,23H,5,11H2,1-4H3. The van der Waals surface area contributed by atoms with Crippen LogP contribution in [-0.4, -0.2) is 40.2 Å². The van der Waals surface area contributed by atoms with E-state index >= 15 is 0 Å². The van der Waals surface area contributed by atoms with Crippen LogP contribution >= 0.6 is 0 Å². The molecule has 1 aromatic carbocycles. The number of alkyl halides is 2. The van der Waals surface area contributed by atoms with Crippen molar-refractivity contribution >= 4 is 5.97 Å². The molecule has 1 aliphatic heterocycles. The number of aromatic nitrogens is 3. The summed E-state index contributed by atoms with van der Waals surface area (Å²) in [5.74, 6) is -0.217. The quantitative estimate of drug-likeness (QED) is 0.523. The molecular weight excluding hydrogens is 434 g/mol. The van der Waals surface area contributed by atoms with Gasteiger partial charge < -0.3 is 14.5 Å². The van der Waals surface area contributed by atoms with Gasteiger partial charge in [0.1, 0.15) is 11.3 Å². The molecule has 8 nitrogen and oxygen atoms in total. The highest BCUT2D eigenvalue weighted by molar-refractivity contribution is 5.90. The van der Waals surface area contributed by atoms with Crippen molar-refractivity contribution in [3.05, 3.63) is 58.1 Å². The van der Waals surface area contributed by atoms with Gasteiger partial charge in [-0.2, -0.15) is 13.9 Å². The Labute approximate surface area is 188 Å². The van der Waals surface area contributed by atoms with Gasteiger partial charge in [0.15, 0.2) is 5.43 Å². The van der Waals surface area contributed by atoms with Gasteiger partial charge in [-0.25, -0.2) is 9.48 Å². The normalized spacial score (nSPS) is 12.7. The van der Waals surface area contributed by atoms with E-state index in [-0.39, 0.29) is 18.2 Å². The first kappa shape index (κ1) is 22.5. The van der Waals surface area contributed by atoms with E-state index in [2.05, 4.69) is 5.10 Å². The lowest BCUT2D eigenvalue weighted by molar-refractivity contribution is 0.0523. The number of fused-ring (bicyclic) bond motifs is 3. The molecule has 0 amide bonds. The zero-order valence-corrected chi connectivity index (χ0v) is 18.7. The topological polar surface area (TPSA) is 78.6 Å². The number of ether oxygens (including phenoxy) is 2. The molecule has 4 rings (SSSR count). The predicted octanol–water partition coefficient (Wildman–Crippen LogP) is 3.82. The molecule has 3 heterocycles. The largest absolute Gasteiger partial charge is 0.496 e. The number of carbonyl (C=O) groups is 1. The van der Waals surface area contributed by atoms with E-state index in [1.54, 1.807) is 17.7 Å². The average Bonchev–Trinajstić information content (AvgIpc) is 3.27. The Morgan fingerprint density at radius 3 is 2.55 bits per heavy atom. The van der Waals surface area contributed by atoms with Crippen molar-refractivity contribution in [2.75, 3.05) is 18.7 Å². The van der Waals surface area contributed by atoms with Crippen LogP contribution < -0.4 is 15.2 Å². The molecule has 0 aliphatic carbocycles. The van der Waals surface area contributed by atoms with E-state index in [1.807, 2.05) is 24.9 Å². The summed E-state index contributed by atoms with van der Waals surface area (Å²) in [6.45, 7) is 3.55. The molecule has 0 fully saturated rings. The summed E-state index contributed by atoms with van der Waals surface area (Å²) in [6.07, 6.45) is 4.14. The lowest BCUT2D eigenvalue weighted by Crippen LogP contribution is -2.44. The van der Waals surface area contributed by atoms with Crippen LogP contribution in [0.5, 0.6) is 5.75 Å². The zero-order chi connectivity index (χ0) is 23.9. The minimum atomic E-state index is -2.74. The van der Waals surface area contributed by atoms with Gasteiger partial charge in [-0.15, -0.1) is 0 Å². The molecule has 10 heteroatoms. The summed E-state index contributed by atoms with van der Waals surface area (Å²) in [5, 5.41) is 5.72. The molecule has 2 aromatic heterocycles. The molecule has 3 aromatic rings. The van der Waals surface area contributed by atoms with E-state index in [9.17, 15) is 18.4 Å². The molecular formula is C23H24F2N4O4. The summed E-state index contributed by atoms with van der Waals surface area (Å²) >= 11 is 0. The van der Waals surface area contributed by atoms with Gasteiger partial charge in [-0.1, -0.05) is 0 Å². The van der Waals surface area contributed by atoms with Crippen LogP contribution in [0.4, 0.5) is 8.78 Å². The van der Waals surface area contributed by atoms with Crippen LogP contribution in [0.2, 0.25) is 0 Å². The number of esters is 1. The first-order chi connectivity index (χ1) is 15.7. The van der Waals surface area contributed by atoms with E-state index in [0.29, 0.717) is 33.8 Å². The SMILES string of the molecule is CCOC(=O)c1cn2c(cc1=O)-c1cc(OC)c(-c3cnn(C(F)F)c3)cc1CN2C(C)C. The second-order valence-electron chi connectivity index (χ2n) is 7.89. The second kappa shape index (κ2) is 8.68. The van der Waals surface area contributed by atoms with E-state index < -0.39 is 17.9 Å². The van der Waals surface area contributed by atoms with E-state index in [4.69, 9.17) is 9.47 Å². The van der Waals surface area contributed by atoms with Crippen LogP contribution in [0.15, 0.2) is 41.6 Å². The molecule has 1 aliphatic rings. The van der Waals surface area contributed by atoms with Gasteiger partial charge >= 0.3 is 12.5 Å². The maximum atomic E-state index is 13.0.